The molecular formula is C15H16ClN3. The summed E-state index contributed by atoms with van der Waals surface area (Å²) in [5.74, 6) is 1.02. The van der Waals surface area contributed by atoms with Crippen molar-refractivity contribution < 1.29 is 0 Å². The average molecular weight is 274 g/mol. The summed E-state index contributed by atoms with van der Waals surface area (Å²) in [5.41, 5.74) is 2.04. The molecule has 0 radical (unpaired) electrons. The molecule has 1 aliphatic heterocycles. The molecule has 3 heterocycles. The number of rotatable bonds is 2. The van der Waals surface area contributed by atoms with E-state index >= 15 is 0 Å². The molecule has 4 heteroatoms. The summed E-state index contributed by atoms with van der Waals surface area (Å²) < 4.78 is 0. The summed E-state index contributed by atoms with van der Waals surface area (Å²) in [5, 5.41) is 2.66. The van der Waals surface area contributed by atoms with E-state index in [4.69, 9.17) is 11.6 Å². The highest BCUT2D eigenvalue weighted by atomic mass is 35.5. The number of allylic oxidation sites excluding steroid dienone is 1. The van der Waals surface area contributed by atoms with E-state index in [0.717, 1.165) is 40.8 Å². The largest absolute Gasteiger partial charge is 0.356 e. The van der Waals surface area contributed by atoms with Crippen LogP contribution < -0.4 is 4.90 Å². The van der Waals surface area contributed by atoms with Crippen molar-refractivity contribution in [3.63, 3.8) is 0 Å². The van der Waals surface area contributed by atoms with Gasteiger partial charge in [-0.05, 0) is 36.8 Å². The predicted octanol–water partition coefficient (Wildman–Crippen LogP) is 3.92. The number of halogens is 1. The van der Waals surface area contributed by atoms with Gasteiger partial charge >= 0.3 is 0 Å². The molecule has 19 heavy (non-hydrogen) atoms. The van der Waals surface area contributed by atoms with E-state index < -0.39 is 0 Å². The van der Waals surface area contributed by atoms with Gasteiger partial charge in [0.1, 0.15) is 11.0 Å². The van der Waals surface area contributed by atoms with E-state index in [1.165, 1.54) is 12.8 Å². The fourth-order valence-electron chi connectivity index (χ4n) is 2.62. The molecule has 1 aliphatic rings. The number of pyridine rings is 2. The SMILES string of the molecule is C=C(C)c1cnc(N2CCCC2)c2cnc(Cl)cc12. The first-order valence-electron chi connectivity index (χ1n) is 6.52. The lowest BCUT2D eigenvalue weighted by Gasteiger charge is -2.19. The summed E-state index contributed by atoms with van der Waals surface area (Å²) in [6.07, 6.45) is 6.18. The zero-order valence-corrected chi connectivity index (χ0v) is 11.7. The molecule has 0 amide bonds. The first-order valence-corrected chi connectivity index (χ1v) is 6.89. The van der Waals surface area contributed by atoms with Crippen LogP contribution >= 0.6 is 11.6 Å². The Hall–Kier alpha value is -1.61. The topological polar surface area (TPSA) is 29.0 Å². The minimum atomic E-state index is 0.508. The third-order valence-corrected chi connectivity index (χ3v) is 3.79. The number of nitrogens with zero attached hydrogens (tertiary/aromatic N) is 3. The predicted molar refractivity (Wildman–Crippen MR) is 80.7 cm³/mol. The molecule has 3 nitrogen and oxygen atoms in total. The van der Waals surface area contributed by atoms with Crippen molar-refractivity contribution in [2.24, 2.45) is 0 Å². The quantitative estimate of drug-likeness (QED) is 0.777. The molecule has 0 spiro atoms. The number of aromatic nitrogens is 2. The Morgan fingerprint density at radius 1 is 1.21 bits per heavy atom. The molecule has 2 aromatic heterocycles. The number of fused-ring (bicyclic) bond motifs is 1. The van der Waals surface area contributed by atoms with E-state index in [1.54, 1.807) is 0 Å². The van der Waals surface area contributed by atoms with Gasteiger partial charge in [-0.2, -0.15) is 0 Å². The van der Waals surface area contributed by atoms with E-state index in [9.17, 15) is 0 Å². The molecule has 0 aromatic carbocycles. The van der Waals surface area contributed by atoms with Crippen LogP contribution in [0.15, 0.2) is 25.0 Å². The van der Waals surface area contributed by atoms with Crippen molar-refractivity contribution in [2.75, 3.05) is 18.0 Å². The molecular weight excluding hydrogens is 258 g/mol. The Bertz CT molecular complexity index is 645. The number of hydrogen-bond acceptors (Lipinski definition) is 3. The highest BCUT2D eigenvalue weighted by Gasteiger charge is 2.18. The van der Waals surface area contributed by atoms with Gasteiger partial charge in [-0.3, -0.25) is 0 Å². The minimum absolute atomic E-state index is 0.508. The highest BCUT2D eigenvalue weighted by molar-refractivity contribution is 6.30. The fourth-order valence-corrected chi connectivity index (χ4v) is 2.77. The fraction of sp³-hybridized carbons (Fsp3) is 0.333. The Morgan fingerprint density at radius 3 is 2.63 bits per heavy atom. The lowest BCUT2D eigenvalue weighted by molar-refractivity contribution is 0.945. The van der Waals surface area contributed by atoms with Gasteiger partial charge in [0, 0.05) is 36.4 Å². The molecule has 0 atom stereocenters. The Balaban J connectivity index is 2.25. The molecule has 0 saturated carbocycles. The van der Waals surface area contributed by atoms with Gasteiger partial charge in [-0.25, -0.2) is 9.97 Å². The maximum Gasteiger partial charge on any atom is 0.138 e. The Kier molecular flexibility index (Phi) is 3.15. The van der Waals surface area contributed by atoms with Gasteiger partial charge in [-0.1, -0.05) is 18.2 Å². The van der Waals surface area contributed by atoms with Crippen LogP contribution in [0.4, 0.5) is 5.82 Å². The van der Waals surface area contributed by atoms with Gasteiger partial charge in [0.15, 0.2) is 0 Å². The van der Waals surface area contributed by atoms with Crippen molar-refractivity contribution in [1.82, 2.24) is 9.97 Å². The maximum absolute atomic E-state index is 6.03. The van der Waals surface area contributed by atoms with Crippen LogP contribution in [0.3, 0.4) is 0 Å². The van der Waals surface area contributed by atoms with Crippen LogP contribution in [0.25, 0.3) is 16.3 Å². The van der Waals surface area contributed by atoms with Crippen molar-refractivity contribution >= 4 is 33.8 Å². The van der Waals surface area contributed by atoms with E-state index in [-0.39, 0.29) is 0 Å². The highest BCUT2D eigenvalue weighted by Crippen LogP contribution is 2.32. The van der Waals surface area contributed by atoms with E-state index in [0.29, 0.717) is 5.15 Å². The first kappa shape index (κ1) is 12.4. The van der Waals surface area contributed by atoms with Crippen LogP contribution in [0.1, 0.15) is 25.3 Å². The Morgan fingerprint density at radius 2 is 1.95 bits per heavy atom. The summed E-state index contributed by atoms with van der Waals surface area (Å²) >= 11 is 6.03. The summed E-state index contributed by atoms with van der Waals surface area (Å²) in [6, 6.07) is 1.90. The lowest BCUT2D eigenvalue weighted by atomic mass is 10.0. The van der Waals surface area contributed by atoms with Crippen LogP contribution in [0, 0.1) is 0 Å². The zero-order chi connectivity index (χ0) is 13.4. The van der Waals surface area contributed by atoms with Gasteiger partial charge in [-0.15, -0.1) is 0 Å². The normalized spacial score (nSPS) is 15.2. The number of anilines is 1. The van der Waals surface area contributed by atoms with Gasteiger partial charge in [0.05, 0.1) is 0 Å². The third kappa shape index (κ3) is 2.19. The summed E-state index contributed by atoms with van der Waals surface area (Å²) in [7, 11) is 0. The second kappa shape index (κ2) is 4.82. The summed E-state index contributed by atoms with van der Waals surface area (Å²) in [4.78, 5) is 11.2. The molecule has 98 valence electrons. The van der Waals surface area contributed by atoms with Crippen molar-refractivity contribution in [2.45, 2.75) is 19.8 Å². The van der Waals surface area contributed by atoms with Crippen molar-refractivity contribution in [1.29, 1.82) is 0 Å². The zero-order valence-electron chi connectivity index (χ0n) is 11.0. The molecule has 0 unspecified atom stereocenters. The van der Waals surface area contributed by atoms with Gasteiger partial charge in [0.25, 0.3) is 0 Å². The van der Waals surface area contributed by atoms with Crippen LogP contribution in [-0.2, 0) is 0 Å². The molecule has 0 N–H and O–H groups in total. The molecule has 2 aromatic rings. The molecule has 1 saturated heterocycles. The summed E-state index contributed by atoms with van der Waals surface area (Å²) in [6.45, 7) is 8.13. The van der Waals surface area contributed by atoms with E-state index in [2.05, 4.69) is 21.4 Å². The number of hydrogen-bond donors (Lipinski definition) is 0. The molecule has 3 rings (SSSR count). The average Bonchev–Trinajstić information content (AvgIpc) is 2.90. The minimum Gasteiger partial charge on any atom is -0.356 e. The molecule has 1 fully saturated rings. The Labute approximate surface area is 117 Å². The second-order valence-corrected chi connectivity index (χ2v) is 5.41. The smallest absolute Gasteiger partial charge is 0.138 e. The lowest BCUT2D eigenvalue weighted by Crippen LogP contribution is -2.19. The standard InChI is InChI=1S/C15H16ClN3/c1-10(2)12-8-18-15(19-5-3-4-6-19)13-9-17-14(16)7-11(12)13/h7-9H,1,3-6H2,2H3. The second-order valence-electron chi connectivity index (χ2n) is 5.02. The van der Waals surface area contributed by atoms with Crippen LogP contribution in [0.5, 0.6) is 0 Å². The van der Waals surface area contributed by atoms with Crippen LogP contribution in [0.2, 0.25) is 5.15 Å². The van der Waals surface area contributed by atoms with Gasteiger partial charge < -0.3 is 4.90 Å². The maximum atomic E-state index is 6.03. The molecule has 0 bridgehead atoms. The van der Waals surface area contributed by atoms with E-state index in [1.807, 2.05) is 25.4 Å². The molecule has 0 aliphatic carbocycles. The van der Waals surface area contributed by atoms with Crippen molar-refractivity contribution in [3.8, 4) is 0 Å². The van der Waals surface area contributed by atoms with Crippen LogP contribution in [-0.4, -0.2) is 23.1 Å². The third-order valence-electron chi connectivity index (χ3n) is 3.58. The van der Waals surface area contributed by atoms with Gasteiger partial charge in [0.2, 0.25) is 0 Å². The van der Waals surface area contributed by atoms with Crippen molar-refractivity contribution in [3.05, 3.63) is 35.8 Å². The monoisotopic (exact) mass is 273 g/mol. The first-order chi connectivity index (χ1) is 9.16.